The average Bonchev–Trinajstić information content (AvgIpc) is 3.17. The van der Waals surface area contributed by atoms with Gasteiger partial charge in [0.1, 0.15) is 5.75 Å². The predicted octanol–water partition coefficient (Wildman–Crippen LogP) is 2.40. The lowest BCUT2D eigenvalue weighted by atomic mass is 9.80. The minimum atomic E-state index is 0.247. The van der Waals surface area contributed by atoms with Gasteiger partial charge in [-0.25, -0.2) is 0 Å². The van der Waals surface area contributed by atoms with Gasteiger partial charge in [-0.05, 0) is 37.3 Å². The molecule has 2 aliphatic rings. The summed E-state index contributed by atoms with van der Waals surface area (Å²) in [7, 11) is 1.75. The van der Waals surface area contributed by atoms with Gasteiger partial charge in [0.25, 0.3) is 0 Å². The number of hydrogen-bond acceptors (Lipinski definition) is 3. The molecule has 0 amide bonds. The van der Waals surface area contributed by atoms with Crippen molar-refractivity contribution in [2.24, 2.45) is 5.41 Å². The van der Waals surface area contributed by atoms with Crippen molar-refractivity contribution in [2.45, 2.75) is 31.7 Å². The van der Waals surface area contributed by atoms with Gasteiger partial charge in [0.2, 0.25) is 0 Å². The molecule has 0 spiro atoms. The summed E-state index contributed by atoms with van der Waals surface area (Å²) in [5.74, 6) is 1.00. The Morgan fingerprint density at radius 3 is 2.89 bits per heavy atom. The summed E-state index contributed by atoms with van der Waals surface area (Å²) in [6.45, 7) is 2.82. The molecule has 0 radical (unpaired) electrons. The van der Waals surface area contributed by atoms with Crippen LogP contribution in [0, 0.1) is 5.41 Å². The van der Waals surface area contributed by atoms with Gasteiger partial charge < -0.3 is 14.8 Å². The summed E-state index contributed by atoms with van der Waals surface area (Å²) in [4.78, 5) is 0. The molecule has 1 atom stereocenters. The normalized spacial score (nSPS) is 26.6. The molecule has 0 aromatic heterocycles. The van der Waals surface area contributed by atoms with Gasteiger partial charge in [-0.3, -0.25) is 0 Å². The fraction of sp³-hybridized carbons (Fsp3) is 0.625. The van der Waals surface area contributed by atoms with Crippen molar-refractivity contribution in [1.82, 2.24) is 5.32 Å². The summed E-state index contributed by atoms with van der Waals surface area (Å²) in [6, 6.07) is 9.11. The summed E-state index contributed by atoms with van der Waals surface area (Å²) < 4.78 is 11.2. The SMILES string of the molecule is COc1ccccc1CC1(CNC2CC2)CCOC1. The Labute approximate surface area is 115 Å². The Kier molecular flexibility index (Phi) is 3.76. The second-order valence-corrected chi connectivity index (χ2v) is 5.95. The molecule has 3 nitrogen and oxygen atoms in total. The van der Waals surface area contributed by atoms with Gasteiger partial charge in [-0.1, -0.05) is 18.2 Å². The van der Waals surface area contributed by atoms with Crippen molar-refractivity contribution < 1.29 is 9.47 Å². The third kappa shape index (κ3) is 3.10. The van der Waals surface area contributed by atoms with Crippen LogP contribution in [0.2, 0.25) is 0 Å². The summed E-state index contributed by atoms with van der Waals surface area (Å²) in [6.07, 6.45) is 4.86. The molecule has 1 saturated heterocycles. The van der Waals surface area contributed by atoms with E-state index in [0.717, 1.165) is 44.4 Å². The van der Waals surface area contributed by atoms with E-state index in [0.29, 0.717) is 0 Å². The second-order valence-electron chi connectivity index (χ2n) is 5.95. The predicted molar refractivity (Wildman–Crippen MR) is 75.6 cm³/mol. The Morgan fingerprint density at radius 2 is 2.21 bits per heavy atom. The molecular weight excluding hydrogens is 238 g/mol. The van der Waals surface area contributed by atoms with Crippen molar-refractivity contribution in [1.29, 1.82) is 0 Å². The summed E-state index contributed by atoms with van der Waals surface area (Å²) in [5.41, 5.74) is 1.55. The number of rotatable bonds is 6. The highest BCUT2D eigenvalue weighted by atomic mass is 16.5. The topological polar surface area (TPSA) is 30.5 Å². The zero-order valence-corrected chi connectivity index (χ0v) is 11.7. The van der Waals surface area contributed by atoms with E-state index in [2.05, 4.69) is 17.4 Å². The van der Waals surface area contributed by atoms with E-state index >= 15 is 0 Å². The molecular formula is C16H23NO2. The van der Waals surface area contributed by atoms with E-state index in [1.165, 1.54) is 18.4 Å². The van der Waals surface area contributed by atoms with Crippen LogP contribution in [0.1, 0.15) is 24.8 Å². The van der Waals surface area contributed by atoms with Crippen LogP contribution in [0.25, 0.3) is 0 Å². The van der Waals surface area contributed by atoms with Gasteiger partial charge >= 0.3 is 0 Å². The maximum absolute atomic E-state index is 5.68. The first-order valence-electron chi connectivity index (χ1n) is 7.24. The van der Waals surface area contributed by atoms with Crippen LogP contribution in [0.4, 0.5) is 0 Å². The lowest BCUT2D eigenvalue weighted by Gasteiger charge is -2.28. The van der Waals surface area contributed by atoms with E-state index in [9.17, 15) is 0 Å². The standard InChI is InChI=1S/C16H23NO2/c1-18-15-5-3-2-4-13(15)10-16(8-9-19-12-16)11-17-14-6-7-14/h2-5,14,17H,6-12H2,1H3. The third-order valence-corrected chi connectivity index (χ3v) is 4.29. The lowest BCUT2D eigenvalue weighted by Crippen LogP contribution is -2.37. The van der Waals surface area contributed by atoms with Crippen LogP contribution < -0.4 is 10.1 Å². The Bertz CT molecular complexity index is 423. The van der Waals surface area contributed by atoms with Crippen LogP contribution in [0.3, 0.4) is 0 Å². The van der Waals surface area contributed by atoms with Crippen molar-refractivity contribution in [3.05, 3.63) is 29.8 Å². The molecule has 3 rings (SSSR count). The van der Waals surface area contributed by atoms with Crippen LogP contribution in [-0.4, -0.2) is 32.9 Å². The minimum Gasteiger partial charge on any atom is -0.496 e. The highest BCUT2D eigenvalue weighted by molar-refractivity contribution is 5.34. The van der Waals surface area contributed by atoms with Crippen LogP contribution in [-0.2, 0) is 11.2 Å². The van der Waals surface area contributed by atoms with Crippen LogP contribution in [0.15, 0.2) is 24.3 Å². The molecule has 1 N–H and O–H groups in total. The first-order chi connectivity index (χ1) is 9.31. The molecule has 1 aromatic rings. The smallest absolute Gasteiger partial charge is 0.122 e. The van der Waals surface area contributed by atoms with Crippen LogP contribution in [0.5, 0.6) is 5.75 Å². The quantitative estimate of drug-likeness (QED) is 0.853. The number of nitrogens with one attached hydrogen (secondary N) is 1. The van der Waals surface area contributed by atoms with Gasteiger partial charge in [0.15, 0.2) is 0 Å². The molecule has 1 unspecified atom stereocenters. The van der Waals surface area contributed by atoms with Gasteiger partial charge in [-0.2, -0.15) is 0 Å². The summed E-state index contributed by atoms with van der Waals surface area (Å²) in [5, 5.41) is 3.68. The van der Waals surface area contributed by atoms with Crippen molar-refractivity contribution >= 4 is 0 Å². The molecule has 2 fully saturated rings. The number of hydrogen-bond donors (Lipinski definition) is 1. The molecule has 3 heteroatoms. The zero-order valence-electron chi connectivity index (χ0n) is 11.7. The van der Waals surface area contributed by atoms with Crippen molar-refractivity contribution in [2.75, 3.05) is 26.9 Å². The maximum atomic E-state index is 5.68. The summed E-state index contributed by atoms with van der Waals surface area (Å²) >= 11 is 0. The minimum absolute atomic E-state index is 0.247. The number of ether oxygens (including phenoxy) is 2. The van der Waals surface area contributed by atoms with E-state index in [4.69, 9.17) is 9.47 Å². The first kappa shape index (κ1) is 12.9. The molecule has 19 heavy (non-hydrogen) atoms. The van der Waals surface area contributed by atoms with Crippen molar-refractivity contribution in [3.8, 4) is 5.75 Å². The van der Waals surface area contributed by atoms with Gasteiger partial charge in [-0.15, -0.1) is 0 Å². The second kappa shape index (κ2) is 5.51. The molecule has 104 valence electrons. The van der Waals surface area contributed by atoms with E-state index in [1.807, 2.05) is 12.1 Å². The van der Waals surface area contributed by atoms with E-state index in [1.54, 1.807) is 7.11 Å². The molecule has 1 saturated carbocycles. The van der Waals surface area contributed by atoms with Crippen LogP contribution >= 0.6 is 0 Å². The molecule has 1 aliphatic carbocycles. The number of methoxy groups -OCH3 is 1. The molecule has 0 bridgehead atoms. The number of para-hydroxylation sites is 1. The fourth-order valence-corrected chi connectivity index (χ4v) is 2.89. The number of benzene rings is 1. The highest BCUT2D eigenvalue weighted by Crippen LogP contribution is 2.35. The van der Waals surface area contributed by atoms with Gasteiger partial charge in [0.05, 0.1) is 13.7 Å². The molecule has 1 aliphatic heterocycles. The maximum Gasteiger partial charge on any atom is 0.122 e. The average molecular weight is 261 g/mol. The molecule has 1 heterocycles. The third-order valence-electron chi connectivity index (χ3n) is 4.29. The van der Waals surface area contributed by atoms with Gasteiger partial charge in [0, 0.05) is 24.6 Å². The largest absolute Gasteiger partial charge is 0.496 e. The van der Waals surface area contributed by atoms with E-state index < -0.39 is 0 Å². The fourth-order valence-electron chi connectivity index (χ4n) is 2.89. The first-order valence-corrected chi connectivity index (χ1v) is 7.24. The van der Waals surface area contributed by atoms with E-state index in [-0.39, 0.29) is 5.41 Å². The lowest BCUT2D eigenvalue weighted by molar-refractivity contribution is 0.148. The highest BCUT2D eigenvalue weighted by Gasteiger charge is 2.37. The zero-order chi connectivity index (χ0) is 13.1. The Hall–Kier alpha value is -1.06. The Morgan fingerprint density at radius 1 is 1.37 bits per heavy atom. The molecule has 1 aromatic carbocycles. The monoisotopic (exact) mass is 261 g/mol. The Balaban J connectivity index is 1.72. The van der Waals surface area contributed by atoms with Crippen molar-refractivity contribution in [3.63, 3.8) is 0 Å².